The summed E-state index contributed by atoms with van der Waals surface area (Å²) < 4.78 is 25.4. The van der Waals surface area contributed by atoms with E-state index in [9.17, 15) is 8.42 Å². The fraction of sp³-hybridized carbons (Fsp3) is 0.571. The molecule has 5 nitrogen and oxygen atoms in total. The lowest BCUT2D eigenvalue weighted by atomic mass is 10.3. The summed E-state index contributed by atoms with van der Waals surface area (Å²) in [5.74, 6) is 0. The third-order valence-corrected chi connectivity index (χ3v) is 3.44. The lowest BCUT2D eigenvalue weighted by Crippen LogP contribution is -2.26. The van der Waals surface area contributed by atoms with Gasteiger partial charge in [-0.25, -0.2) is 18.1 Å². The summed E-state index contributed by atoms with van der Waals surface area (Å²) >= 11 is 3.34. The monoisotopic (exact) mass is 281 g/mol. The molecular weight excluding hydrogens is 270 g/mol. The van der Waals surface area contributed by atoms with Gasteiger partial charge in [-0.1, -0.05) is 22.9 Å². The summed E-state index contributed by atoms with van der Waals surface area (Å²) in [6, 6.07) is 0. The molecular formula is C7H12BrN3O2S. The molecule has 0 saturated carbocycles. The number of rotatable bonds is 5. The first-order valence-electron chi connectivity index (χ1n) is 4.14. The van der Waals surface area contributed by atoms with Crippen LogP contribution in [0.15, 0.2) is 17.6 Å². The van der Waals surface area contributed by atoms with E-state index in [2.05, 4.69) is 30.6 Å². The summed E-state index contributed by atoms with van der Waals surface area (Å²) in [5, 5.41) is 0.0970. The molecule has 1 unspecified atom stereocenters. The van der Waals surface area contributed by atoms with Crippen molar-refractivity contribution < 1.29 is 8.42 Å². The number of aromatic nitrogens is 2. The number of hydrogen-bond acceptors (Lipinski definition) is 3. The first kappa shape index (κ1) is 11.7. The second kappa shape index (κ2) is 4.90. The van der Waals surface area contributed by atoms with Crippen molar-refractivity contribution in [1.29, 1.82) is 0 Å². The average molecular weight is 282 g/mol. The van der Waals surface area contributed by atoms with E-state index in [0.29, 0.717) is 11.4 Å². The molecule has 1 aromatic rings. The highest BCUT2D eigenvalue weighted by molar-refractivity contribution is 9.09. The predicted octanol–water partition coefficient (Wildman–Crippen LogP) is 0.861. The maximum atomic E-state index is 11.5. The molecule has 0 amide bonds. The minimum Gasteiger partial charge on any atom is -0.335 e. The summed E-state index contributed by atoms with van der Waals surface area (Å²) in [4.78, 5) is 6.49. The minimum absolute atomic E-state index is 0.0970. The van der Waals surface area contributed by atoms with Crippen LogP contribution in [0.4, 0.5) is 0 Å². The largest absolute Gasteiger partial charge is 0.335 e. The van der Waals surface area contributed by atoms with Crippen molar-refractivity contribution >= 4 is 26.0 Å². The summed E-state index contributed by atoms with van der Waals surface area (Å²) in [6.45, 7) is 2.37. The van der Waals surface area contributed by atoms with Crippen LogP contribution in [0.1, 0.15) is 13.3 Å². The van der Waals surface area contributed by atoms with Crippen molar-refractivity contribution in [3.63, 3.8) is 0 Å². The number of alkyl halides is 1. The van der Waals surface area contributed by atoms with Gasteiger partial charge in [0.15, 0.2) is 5.03 Å². The molecule has 0 spiro atoms. The Labute approximate surface area is 91.5 Å². The zero-order chi connectivity index (χ0) is 10.6. The highest BCUT2D eigenvalue weighted by Gasteiger charge is 2.14. The Morgan fingerprint density at radius 2 is 2.43 bits per heavy atom. The summed E-state index contributed by atoms with van der Waals surface area (Å²) in [5.41, 5.74) is 0. The maximum Gasteiger partial charge on any atom is 0.257 e. The van der Waals surface area contributed by atoms with Crippen LogP contribution in [0.5, 0.6) is 0 Å². The van der Waals surface area contributed by atoms with Gasteiger partial charge < -0.3 is 4.98 Å². The Morgan fingerprint density at radius 3 is 2.93 bits per heavy atom. The van der Waals surface area contributed by atoms with Gasteiger partial charge in [0, 0.05) is 11.4 Å². The van der Waals surface area contributed by atoms with Crippen LogP contribution in [0.3, 0.4) is 0 Å². The molecule has 0 aromatic carbocycles. The van der Waals surface area contributed by atoms with E-state index in [-0.39, 0.29) is 5.03 Å². The number of sulfonamides is 1. The maximum absolute atomic E-state index is 11.5. The van der Waals surface area contributed by atoms with E-state index in [1.165, 1.54) is 12.5 Å². The average Bonchev–Trinajstić information content (AvgIpc) is 2.54. The Kier molecular flexibility index (Phi) is 4.09. The Bertz CT molecular complexity index is 360. The second-order valence-electron chi connectivity index (χ2n) is 2.88. The summed E-state index contributed by atoms with van der Waals surface area (Å²) in [7, 11) is -3.40. The van der Waals surface area contributed by atoms with Crippen molar-refractivity contribution in [2.24, 2.45) is 0 Å². The van der Waals surface area contributed by atoms with Crippen molar-refractivity contribution in [3.8, 4) is 0 Å². The molecule has 0 saturated heterocycles. The number of nitrogens with zero attached hydrogens (tertiary/aromatic N) is 1. The third kappa shape index (κ3) is 3.39. The SMILES string of the molecule is CC(Br)CCNS(=O)(=O)c1cnc[nH]1. The molecule has 80 valence electrons. The van der Waals surface area contributed by atoms with Crippen LogP contribution in [-0.4, -0.2) is 29.8 Å². The molecule has 1 aromatic heterocycles. The van der Waals surface area contributed by atoms with E-state index in [4.69, 9.17) is 0 Å². The number of H-pyrrole nitrogens is 1. The van der Waals surface area contributed by atoms with E-state index in [1.54, 1.807) is 0 Å². The smallest absolute Gasteiger partial charge is 0.257 e. The van der Waals surface area contributed by atoms with Crippen molar-refractivity contribution in [1.82, 2.24) is 14.7 Å². The fourth-order valence-electron chi connectivity index (χ4n) is 0.860. The van der Waals surface area contributed by atoms with Crippen LogP contribution >= 0.6 is 15.9 Å². The Morgan fingerprint density at radius 1 is 1.71 bits per heavy atom. The van der Waals surface area contributed by atoms with Gasteiger partial charge in [-0.15, -0.1) is 0 Å². The molecule has 0 aliphatic heterocycles. The van der Waals surface area contributed by atoms with Gasteiger partial charge in [-0.2, -0.15) is 0 Å². The second-order valence-corrected chi connectivity index (χ2v) is 6.18. The van der Waals surface area contributed by atoms with Crippen LogP contribution in [0, 0.1) is 0 Å². The van der Waals surface area contributed by atoms with E-state index in [0.717, 1.165) is 6.42 Å². The van der Waals surface area contributed by atoms with E-state index < -0.39 is 10.0 Å². The zero-order valence-electron chi connectivity index (χ0n) is 7.70. The molecule has 0 aliphatic carbocycles. The Balaban J connectivity index is 2.52. The third-order valence-electron chi connectivity index (χ3n) is 1.60. The molecule has 1 rings (SSSR count). The quantitative estimate of drug-likeness (QED) is 0.787. The first-order valence-corrected chi connectivity index (χ1v) is 6.54. The zero-order valence-corrected chi connectivity index (χ0v) is 10.1. The molecule has 0 radical (unpaired) electrons. The van der Waals surface area contributed by atoms with Gasteiger partial charge in [-0.05, 0) is 6.42 Å². The van der Waals surface area contributed by atoms with Crippen LogP contribution in [-0.2, 0) is 10.0 Å². The van der Waals surface area contributed by atoms with Crippen LogP contribution < -0.4 is 4.72 Å². The Hall–Kier alpha value is -0.400. The van der Waals surface area contributed by atoms with Gasteiger partial charge in [0.1, 0.15) is 0 Å². The van der Waals surface area contributed by atoms with Crippen molar-refractivity contribution in [2.75, 3.05) is 6.54 Å². The number of halogens is 1. The molecule has 7 heteroatoms. The van der Waals surface area contributed by atoms with Gasteiger partial charge in [0.2, 0.25) is 0 Å². The summed E-state index contributed by atoms with van der Waals surface area (Å²) in [6.07, 6.45) is 3.36. The number of aromatic amines is 1. The van der Waals surface area contributed by atoms with Gasteiger partial charge >= 0.3 is 0 Å². The van der Waals surface area contributed by atoms with Gasteiger partial charge in [-0.3, -0.25) is 0 Å². The standard InChI is InChI=1S/C7H12BrN3O2S/c1-6(8)2-3-11-14(12,13)7-4-9-5-10-7/h4-6,11H,2-3H2,1H3,(H,9,10). The van der Waals surface area contributed by atoms with Crippen molar-refractivity contribution in [2.45, 2.75) is 23.2 Å². The van der Waals surface area contributed by atoms with Crippen LogP contribution in [0.25, 0.3) is 0 Å². The molecule has 0 aliphatic rings. The topological polar surface area (TPSA) is 74.8 Å². The predicted molar refractivity (Wildman–Crippen MR) is 56.8 cm³/mol. The van der Waals surface area contributed by atoms with E-state index >= 15 is 0 Å². The number of imidazole rings is 1. The molecule has 1 atom stereocenters. The molecule has 14 heavy (non-hydrogen) atoms. The molecule has 0 fully saturated rings. The normalized spacial score (nSPS) is 14.1. The van der Waals surface area contributed by atoms with Crippen molar-refractivity contribution in [3.05, 3.63) is 12.5 Å². The van der Waals surface area contributed by atoms with Gasteiger partial charge in [0.25, 0.3) is 10.0 Å². The minimum atomic E-state index is -3.40. The molecule has 2 N–H and O–H groups in total. The number of hydrogen-bond donors (Lipinski definition) is 2. The van der Waals surface area contributed by atoms with Crippen LogP contribution in [0.2, 0.25) is 0 Å². The van der Waals surface area contributed by atoms with Gasteiger partial charge in [0.05, 0.1) is 12.5 Å². The number of nitrogens with one attached hydrogen (secondary N) is 2. The van der Waals surface area contributed by atoms with E-state index in [1.807, 2.05) is 6.92 Å². The lowest BCUT2D eigenvalue weighted by molar-refractivity contribution is 0.576. The highest BCUT2D eigenvalue weighted by Crippen LogP contribution is 2.04. The molecule has 0 bridgehead atoms. The highest BCUT2D eigenvalue weighted by atomic mass is 79.9. The fourth-order valence-corrected chi connectivity index (χ4v) is 2.04. The molecule has 1 heterocycles. The lowest BCUT2D eigenvalue weighted by Gasteiger charge is -2.05. The first-order chi connectivity index (χ1) is 6.52.